The van der Waals surface area contributed by atoms with Crippen LogP contribution < -0.4 is 5.32 Å². The molecule has 1 aromatic heterocycles. The van der Waals surface area contributed by atoms with E-state index in [4.69, 9.17) is 4.55 Å². The molecule has 0 aliphatic heterocycles. The number of hydrogen-bond acceptors (Lipinski definition) is 6. The van der Waals surface area contributed by atoms with Crippen LogP contribution in [0.3, 0.4) is 0 Å². The van der Waals surface area contributed by atoms with Crippen molar-refractivity contribution in [1.29, 1.82) is 0 Å². The van der Waals surface area contributed by atoms with Crippen LogP contribution in [0.15, 0.2) is 83.8 Å². The molecule has 1 heterocycles. The van der Waals surface area contributed by atoms with Gasteiger partial charge >= 0.3 is 0 Å². The summed E-state index contributed by atoms with van der Waals surface area (Å²) in [6.45, 7) is 0. The third-order valence-electron chi connectivity index (χ3n) is 4.74. The summed E-state index contributed by atoms with van der Waals surface area (Å²) < 4.78 is 31.5. The third-order valence-corrected chi connectivity index (χ3v) is 5.61. The first-order valence-corrected chi connectivity index (χ1v) is 11.0. The number of hydrogen-bond donors (Lipinski definition) is 3. The van der Waals surface area contributed by atoms with Crippen LogP contribution in [0.25, 0.3) is 22.6 Å². The van der Waals surface area contributed by atoms with E-state index in [1.165, 1.54) is 36.4 Å². The summed E-state index contributed by atoms with van der Waals surface area (Å²) in [5.74, 6) is -0.131. The third kappa shape index (κ3) is 4.79. The molecule has 0 aliphatic carbocycles. The molecule has 10 nitrogen and oxygen atoms in total. The Bertz CT molecular complexity index is 1430. The van der Waals surface area contributed by atoms with Crippen molar-refractivity contribution in [1.82, 2.24) is 9.97 Å². The summed E-state index contributed by atoms with van der Waals surface area (Å²) in [4.78, 5) is 30.7. The number of nitrogens with one attached hydrogen (secondary N) is 2. The molecule has 0 bridgehead atoms. The summed E-state index contributed by atoms with van der Waals surface area (Å²) in [5.41, 5.74) is 1.82. The normalized spacial score (nSPS) is 11.2. The largest absolute Gasteiger partial charge is 0.333 e. The van der Waals surface area contributed by atoms with Gasteiger partial charge in [-0.2, -0.15) is 8.42 Å². The molecule has 3 N–H and O–H groups in total. The number of carbonyl (C=O) groups is 1. The predicted molar refractivity (Wildman–Crippen MR) is 120 cm³/mol. The monoisotopic (exact) mass is 464 g/mol. The molecule has 0 unspecified atom stereocenters. The number of nitrogens with zero attached hydrogens (tertiary/aromatic N) is 2. The van der Waals surface area contributed by atoms with Gasteiger partial charge in [0.05, 0.1) is 9.82 Å². The Labute approximate surface area is 187 Å². The summed E-state index contributed by atoms with van der Waals surface area (Å²) in [6, 6.07) is 19.7. The van der Waals surface area contributed by atoms with Crippen molar-refractivity contribution in [2.75, 3.05) is 5.32 Å². The lowest BCUT2D eigenvalue weighted by atomic mass is 10.1. The summed E-state index contributed by atoms with van der Waals surface area (Å²) in [5, 5.41) is 13.6. The lowest BCUT2D eigenvalue weighted by Gasteiger charge is -2.06. The molecule has 0 aliphatic rings. The van der Waals surface area contributed by atoms with Gasteiger partial charge in [0.1, 0.15) is 17.2 Å². The van der Waals surface area contributed by atoms with E-state index in [2.05, 4.69) is 15.3 Å². The van der Waals surface area contributed by atoms with E-state index in [0.717, 1.165) is 17.7 Å². The summed E-state index contributed by atoms with van der Waals surface area (Å²) >= 11 is 0. The summed E-state index contributed by atoms with van der Waals surface area (Å²) in [7, 11) is -4.36. The minimum absolute atomic E-state index is 0.0949. The van der Waals surface area contributed by atoms with Gasteiger partial charge in [0.15, 0.2) is 0 Å². The lowest BCUT2D eigenvalue weighted by molar-refractivity contribution is -0.384. The molecule has 166 valence electrons. The van der Waals surface area contributed by atoms with Gasteiger partial charge in [-0.1, -0.05) is 30.3 Å². The van der Waals surface area contributed by atoms with Crippen LogP contribution in [-0.4, -0.2) is 33.8 Å². The number of aromatic nitrogens is 2. The molecule has 4 aromatic rings. The zero-order valence-electron chi connectivity index (χ0n) is 16.8. The maximum Gasteiger partial charge on any atom is 0.294 e. The van der Waals surface area contributed by atoms with E-state index in [9.17, 15) is 23.3 Å². The minimum Gasteiger partial charge on any atom is -0.333 e. The molecule has 0 spiro atoms. The Balaban J connectivity index is 1.71. The van der Waals surface area contributed by atoms with E-state index in [1.807, 2.05) is 30.3 Å². The van der Waals surface area contributed by atoms with Crippen molar-refractivity contribution in [2.45, 2.75) is 4.90 Å². The highest BCUT2D eigenvalue weighted by molar-refractivity contribution is 7.85. The minimum atomic E-state index is -4.36. The van der Waals surface area contributed by atoms with E-state index in [-0.39, 0.29) is 27.7 Å². The maximum absolute atomic E-state index is 13.1. The molecular formula is C22H16N4O6S. The van der Waals surface area contributed by atoms with E-state index in [0.29, 0.717) is 11.4 Å². The van der Waals surface area contributed by atoms with Crippen molar-refractivity contribution >= 4 is 27.4 Å². The van der Waals surface area contributed by atoms with E-state index < -0.39 is 20.9 Å². The molecule has 3 aromatic carbocycles. The highest BCUT2D eigenvalue weighted by Gasteiger charge is 2.21. The van der Waals surface area contributed by atoms with Gasteiger partial charge in [-0.05, 0) is 36.4 Å². The van der Waals surface area contributed by atoms with Crippen molar-refractivity contribution in [3.63, 3.8) is 0 Å². The first-order valence-electron chi connectivity index (χ1n) is 9.51. The van der Waals surface area contributed by atoms with Crippen molar-refractivity contribution < 1.29 is 22.7 Å². The average Bonchev–Trinajstić information content (AvgIpc) is 3.25. The van der Waals surface area contributed by atoms with Crippen LogP contribution in [-0.2, 0) is 10.1 Å². The Kier molecular flexibility index (Phi) is 5.73. The molecule has 0 atom stereocenters. The summed E-state index contributed by atoms with van der Waals surface area (Å²) in [6.07, 6.45) is 0. The van der Waals surface area contributed by atoms with Crippen LogP contribution in [0.1, 0.15) is 10.5 Å². The highest BCUT2D eigenvalue weighted by atomic mass is 32.2. The van der Waals surface area contributed by atoms with Gasteiger partial charge in [0.2, 0.25) is 0 Å². The van der Waals surface area contributed by atoms with Gasteiger partial charge < -0.3 is 10.3 Å². The van der Waals surface area contributed by atoms with Crippen LogP contribution in [0, 0.1) is 10.1 Å². The molecule has 33 heavy (non-hydrogen) atoms. The zero-order valence-corrected chi connectivity index (χ0v) is 17.6. The van der Waals surface area contributed by atoms with Crippen LogP contribution in [0.4, 0.5) is 11.4 Å². The van der Waals surface area contributed by atoms with Gasteiger partial charge in [0, 0.05) is 28.9 Å². The molecule has 0 saturated carbocycles. The second-order valence-corrected chi connectivity index (χ2v) is 8.35. The van der Waals surface area contributed by atoms with Gasteiger partial charge in [0.25, 0.3) is 21.7 Å². The van der Waals surface area contributed by atoms with Crippen LogP contribution in [0.2, 0.25) is 0 Å². The second kappa shape index (κ2) is 8.65. The average molecular weight is 464 g/mol. The number of anilines is 1. The molecule has 0 radical (unpaired) electrons. The smallest absolute Gasteiger partial charge is 0.294 e. The number of benzene rings is 3. The number of aromatic amines is 1. The van der Waals surface area contributed by atoms with E-state index in [1.54, 1.807) is 0 Å². The highest BCUT2D eigenvalue weighted by Crippen LogP contribution is 2.28. The van der Waals surface area contributed by atoms with Crippen molar-refractivity contribution in [3.05, 3.63) is 94.7 Å². The van der Waals surface area contributed by atoms with Crippen LogP contribution in [0.5, 0.6) is 0 Å². The number of carbonyl (C=O) groups excluding carboxylic acids is 1. The Morgan fingerprint density at radius 1 is 0.939 bits per heavy atom. The van der Waals surface area contributed by atoms with Crippen molar-refractivity contribution in [2.24, 2.45) is 0 Å². The zero-order chi connectivity index (χ0) is 23.6. The molecule has 4 rings (SSSR count). The molecule has 1 amide bonds. The van der Waals surface area contributed by atoms with E-state index >= 15 is 0 Å². The fourth-order valence-corrected chi connectivity index (χ4v) is 3.60. The molecule has 11 heteroatoms. The number of imidazole rings is 1. The standard InChI is InChI=1S/C22H16N4O6S/c27-22(23-16-8-12-18(13-9-16)33(30,31)32)20-19(14-6-10-17(11-7-14)26(28)29)24-21(25-20)15-4-2-1-3-5-15/h1-13H,(H,23,27)(H,24,25)(H,30,31,32). The van der Waals surface area contributed by atoms with Gasteiger partial charge in [-0.15, -0.1) is 0 Å². The number of nitro groups is 1. The van der Waals surface area contributed by atoms with Gasteiger partial charge in [-0.25, -0.2) is 4.98 Å². The SMILES string of the molecule is O=C(Nc1ccc(S(=O)(=O)O)cc1)c1[nH]c(-c2ccccc2)nc1-c1ccc([N+](=O)[O-])cc1. The number of amides is 1. The maximum atomic E-state index is 13.1. The lowest BCUT2D eigenvalue weighted by Crippen LogP contribution is -2.13. The molecule has 0 fully saturated rings. The Morgan fingerprint density at radius 3 is 2.15 bits per heavy atom. The van der Waals surface area contributed by atoms with Crippen LogP contribution >= 0.6 is 0 Å². The first kappa shape index (κ1) is 21.9. The van der Waals surface area contributed by atoms with Gasteiger partial charge in [-0.3, -0.25) is 19.5 Å². The molecule has 0 saturated heterocycles. The fraction of sp³-hybridized carbons (Fsp3) is 0. The Morgan fingerprint density at radius 2 is 1.58 bits per heavy atom. The second-order valence-electron chi connectivity index (χ2n) is 6.93. The number of non-ortho nitro benzene ring substituents is 1. The quantitative estimate of drug-likeness (QED) is 0.220. The Hall–Kier alpha value is -4.35. The number of rotatable bonds is 6. The first-order chi connectivity index (χ1) is 15.7. The van der Waals surface area contributed by atoms with Crippen molar-refractivity contribution in [3.8, 4) is 22.6 Å². The topological polar surface area (TPSA) is 155 Å². The molecular weight excluding hydrogens is 448 g/mol. The fourth-order valence-electron chi connectivity index (χ4n) is 3.12. The number of nitro benzene ring substituents is 1. The number of H-pyrrole nitrogens is 1. The predicted octanol–water partition coefficient (Wildman–Crippen LogP) is 4.15.